The summed E-state index contributed by atoms with van der Waals surface area (Å²) in [6.45, 7) is 5.84. The molecule has 0 fully saturated rings. The number of ketones is 1. The van der Waals surface area contributed by atoms with E-state index >= 15 is 0 Å². The first-order valence-corrected chi connectivity index (χ1v) is 8.52. The normalized spacial score (nSPS) is 11.7. The zero-order chi connectivity index (χ0) is 18.4. The number of ether oxygens (including phenoxy) is 1. The van der Waals surface area contributed by atoms with Crippen molar-refractivity contribution in [3.63, 3.8) is 0 Å². The maximum atomic E-state index is 12.4. The molecule has 0 aliphatic carbocycles. The second-order valence-corrected chi connectivity index (χ2v) is 6.24. The van der Waals surface area contributed by atoms with Crippen molar-refractivity contribution in [3.8, 4) is 5.75 Å². The van der Waals surface area contributed by atoms with Crippen LogP contribution in [0.4, 0.5) is 5.69 Å². The third kappa shape index (κ3) is 4.92. The van der Waals surface area contributed by atoms with Gasteiger partial charge in [0.1, 0.15) is 5.75 Å². The van der Waals surface area contributed by atoms with E-state index in [-0.39, 0.29) is 18.1 Å². The minimum atomic E-state index is -0.143. The first-order chi connectivity index (χ1) is 11.9. The molecule has 1 N–H and O–H groups in total. The number of benzene rings is 2. The summed E-state index contributed by atoms with van der Waals surface area (Å²) in [6, 6.07) is 13.1. The average molecular weight is 339 g/mol. The molecule has 0 radical (unpaired) electrons. The van der Waals surface area contributed by atoms with Crippen molar-refractivity contribution in [3.05, 3.63) is 59.2 Å². The SMILES string of the molecule is CCC(C)c1ccc(NC(=O)Cc2cc(C(C)=O)ccc2OC)cc1. The van der Waals surface area contributed by atoms with Crippen LogP contribution >= 0.6 is 0 Å². The van der Waals surface area contributed by atoms with Gasteiger partial charge in [0, 0.05) is 16.8 Å². The Kier molecular flexibility index (Phi) is 6.34. The van der Waals surface area contributed by atoms with Gasteiger partial charge >= 0.3 is 0 Å². The second kappa shape index (κ2) is 8.47. The van der Waals surface area contributed by atoms with E-state index in [1.807, 2.05) is 24.3 Å². The van der Waals surface area contributed by atoms with E-state index in [1.165, 1.54) is 12.5 Å². The smallest absolute Gasteiger partial charge is 0.228 e. The number of methoxy groups -OCH3 is 1. The number of carbonyl (C=O) groups is 2. The van der Waals surface area contributed by atoms with Gasteiger partial charge < -0.3 is 10.1 Å². The third-order valence-corrected chi connectivity index (χ3v) is 4.41. The average Bonchev–Trinajstić information content (AvgIpc) is 2.61. The molecule has 2 aromatic carbocycles. The lowest BCUT2D eigenvalue weighted by molar-refractivity contribution is -0.115. The molecular formula is C21H25NO3. The standard InChI is InChI=1S/C21H25NO3/c1-5-14(2)16-6-9-19(10-7-16)22-21(24)13-18-12-17(15(3)23)8-11-20(18)25-4/h6-12,14H,5,13H2,1-4H3,(H,22,24). The van der Waals surface area contributed by atoms with E-state index in [9.17, 15) is 9.59 Å². The van der Waals surface area contributed by atoms with Gasteiger partial charge in [0.05, 0.1) is 13.5 Å². The first-order valence-electron chi connectivity index (χ1n) is 8.52. The van der Waals surface area contributed by atoms with Crippen molar-refractivity contribution in [1.82, 2.24) is 0 Å². The van der Waals surface area contributed by atoms with Gasteiger partial charge in [-0.3, -0.25) is 9.59 Å². The Balaban J connectivity index is 2.09. The molecule has 0 saturated heterocycles. The van der Waals surface area contributed by atoms with Crippen LogP contribution in [0.25, 0.3) is 0 Å². The number of carbonyl (C=O) groups excluding carboxylic acids is 2. The summed E-state index contributed by atoms with van der Waals surface area (Å²) < 4.78 is 5.29. The monoisotopic (exact) mass is 339 g/mol. The zero-order valence-electron chi connectivity index (χ0n) is 15.3. The van der Waals surface area contributed by atoms with Crippen LogP contribution in [0.5, 0.6) is 5.75 Å². The fraction of sp³-hybridized carbons (Fsp3) is 0.333. The molecule has 1 unspecified atom stereocenters. The van der Waals surface area contributed by atoms with Crippen molar-refractivity contribution in [2.75, 3.05) is 12.4 Å². The Labute approximate surface area is 149 Å². The summed E-state index contributed by atoms with van der Waals surface area (Å²) in [7, 11) is 1.55. The number of hydrogen-bond acceptors (Lipinski definition) is 3. The summed E-state index contributed by atoms with van der Waals surface area (Å²) in [6.07, 6.45) is 1.23. The highest BCUT2D eigenvalue weighted by Crippen LogP contribution is 2.23. The highest BCUT2D eigenvalue weighted by Gasteiger charge is 2.12. The number of hydrogen-bond donors (Lipinski definition) is 1. The number of amides is 1. The fourth-order valence-corrected chi connectivity index (χ4v) is 2.64. The maximum absolute atomic E-state index is 12.4. The molecule has 0 aliphatic heterocycles. The van der Waals surface area contributed by atoms with Gasteiger partial charge in [-0.2, -0.15) is 0 Å². The quantitative estimate of drug-likeness (QED) is 0.751. The Morgan fingerprint density at radius 1 is 1.12 bits per heavy atom. The van der Waals surface area contributed by atoms with Crippen molar-refractivity contribution in [1.29, 1.82) is 0 Å². The van der Waals surface area contributed by atoms with Crippen LogP contribution in [0.1, 0.15) is 54.6 Å². The molecule has 1 atom stereocenters. The molecule has 4 nitrogen and oxygen atoms in total. The topological polar surface area (TPSA) is 55.4 Å². The van der Waals surface area contributed by atoms with E-state index in [4.69, 9.17) is 4.74 Å². The van der Waals surface area contributed by atoms with Crippen LogP contribution in [0, 0.1) is 0 Å². The van der Waals surface area contributed by atoms with Crippen molar-refractivity contribution >= 4 is 17.4 Å². The van der Waals surface area contributed by atoms with Crippen molar-refractivity contribution < 1.29 is 14.3 Å². The summed E-state index contributed by atoms with van der Waals surface area (Å²) >= 11 is 0. The largest absolute Gasteiger partial charge is 0.496 e. The first kappa shape index (κ1) is 18.7. The molecule has 25 heavy (non-hydrogen) atoms. The second-order valence-electron chi connectivity index (χ2n) is 6.24. The molecule has 1 amide bonds. The van der Waals surface area contributed by atoms with Crippen LogP contribution < -0.4 is 10.1 Å². The number of nitrogens with one attached hydrogen (secondary N) is 1. The summed E-state index contributed by atoms with van der Waals surface area (Å²) in [5.41, 5.74) is 3.29. The van der Waals surface area contributed by atoms with Crippen LogP contribution in [-0.4, -0.2) is 18.8 Å². The van der Waals surface area contributed by atoms with Crippen LogP contribution in [0.15, 0.2) is 42.5 Å². The molecule has 0 aliphatic rings. The van der Waals surface area contributed by atoms with Gasteiger partial charge in [-0.05, 0) is 55.2 Å². The predicted octanol–water partition coefficient (Wildman–Crippen LogP) is 4.59. The molecule has 2 aromatic rings. The van der Waals surface area contributed by atoms with Crippen LogP contribution in [0.2, 0.25) is 0 Å². The Hall–Kier alpha value is -2.62. The zero-order valence-corrected chi connectivity index (χ0v) is 15.3. The summed E-state index contributed by atoms with van der Waals surface area (Å²) in [4.78, 5) is 23.9. The molecule has 0 heterocycles. The highest BCUT2D eigenvalue weighted by molar-refractivity contribution is 5.96. The molecule has 0 bridgehead atoms. The lowest BCUT2D eigenvalue weighted by atomic mass is 9.98. The molecule has 132 valence electrons. The van der Waals surface area contributed by atoms with E-state index in [2.05, 4.69) is 19.2 Å². The van der Waals surface area contributed by atoms with E-state index in [1.54, 1.807) is 25.3 Å². The van der Waals surface area contributed by atoms with Crippen molar-refractivity contribution in [2.45, 2.75) is 39.5 Å². The third-order valence-electron chi connectivity index (χ3n) is 4.41. The van der Waals surface area contributed by atoms with E-state index in [0.717, 1.165) is 12.1 Å². The summed E-state index contributed by atoms with van der Waals surface area (Å²) in [5.74, 6) is 0.927. The number of rotatable bonds is 7. The lowest BCUT2D eigenvalue weighted by Gasteiger charge is -2.12. The van der Waals surface area contributed by atoms with Crippen LogP contribution in [-0.2, 0) is 11.2 Å². The van der Waals surface area contributed by atoms with E-state index in [0.29, 0.717) is 22.8 Å². The fourth-order valence-electron chi connectivity index (χ4n) is 2.64. The molecule has 0 saturated carbocycles. The Morgan fingerprint density at radius 2 is 1.80 bits per heavy atom. The van der Waals surface area contributed by atoms with Crippen molar-refractivity contribution in [2.24, 2.45) is 0 Å². The van der Waals surface area contributed by atoms with Crippen LogP contribution in [0.3, 0.4) is 0 Å². The van der Waals surface area contributed by atoms with Gasteiger partial charge in [-0.15, -0.1) is 0 Å². The van der Waals surface area contributed by atoms with Gasteiger partial charge in [-0.1, -0.05) is 26.0 Å². The van der Waals surface area contributed by atoms with Gasteiger partial charge in [0.15, 0.2) is 5.78 Å². The Morgan fingerprint density at radius 3 is 2.36 bits per heavy atom. The van der Waals surface area contributed by atoms with Gasteiger partial charge in [-0.25, -0.2) is 0 Å². The van der Waals surface area contributed by atoms with Gasteiger partial charge in [0.25, 0.3) is 0 Å². The molecule has 4 heteroatoms. The maximum Gasteiger partial charge on any atom is 0.228 e. The van der Waals surface area contributed by atoms with Gasteiger partial charge in [0.2, 0.25) is 5.91 Å². The minimum Gasteiger partial charge on any atom is -0.496 e. The molecule has 0 aromatic heterocycles. The predicted molar refractivity (Wildman–Crippen MR) is 100 cm³/mol. The number of anilines is 1. The van der Waals surface area contributed by atoms with E-state index < -0.39 is 0 Å². The Bertz CT molecular complexity index is 750. The summed E-state index contributed by atoms with van der Waals surface area (Å²) in [5, 5.41) is 2.90. The molecule has 2 rings (SSSR count). The number of Topliss-reactive ketones (excluding diaryl/α,β-unsaturated/α-hetero) is 1. The molecular weight excluding hydrogens is 314 g/mol. The minimum absolute atomic E-state index is 0.0371. The molecule has 0 spiro atoms. The lowest BCUT2D eigenvalue weighted by Crippen LogP contribution is -2.15. The highest BCUT2D eigenvalue weighted by atomic mass is 16.5.